The molecule has 0 aromatic heterocycles. The topological polar surface area (TPSA) is 175 Å². The Labute approximate surface area is 219 Å². The lowest BCUT2D eigenvalue weighted by Crippen LogP contribution is -2.68. The summed E-state index contributed by atoms with van der Waals surface area (Å²) in [6.07, 6.45) is -7.30. The molecule has 2 aliphatic rings. The molecule has 0 amide bonds. The summed E-state index contributed by atoms with van der Waals surface area (Å²) in [6, 6.07) is 0. The molecule has 216 valence electrons. The SMILES string of the molecule is CCC(C=C(C)C1CC(OC)CC(O)C(C)(C)C2(O)OC(CC(O)C(O)C(=O)O1)CC(OC)C2O)CO. The van der Waals surface area contributed by atoms with E-state index >= 15 is 0 Å². The first kappa shape index (κ1) is 32.1. The van der Waals surface area contributed by atoms with E-state index in [1.165, 1.54) is 14.2 Å². The summed E-state index contributed by atoms with van der Waals surface area (Å²) in [5.41, 5.74) is -0.816. The number of fused-ring (bicyclic) bond motifs is 2. The molecule has 6 N–H and O–H groups in total. The molecule has 11 nitrogen and oxygen atoms in total. The van der Waals surface area contributed by atoms with Crippen molar-refractivity contribution in [2.24, 2.45) is 11.3 Å². The zero-order chi connectivity index (χ0) is 28.1. The predicted molar refractivity (Wildman–Crippen MR) is 132 cm³/mol. The van der Waals surface area contributed by atoms with Gasteiger partial charge in [-0.25, -0.2) is 4.79 Å². The molecule has 11 heteroatoms. The molecule has 0 aliphatic carbocycles. The lowest BCUT2D eigenvalue weighted by molar-refractivity contribution is -0.379. The lowest BCUT2D eigenvalue weighted by Gasteiger charge is -2.53. The molecule has 10 atom stereocenters. The summed E-state index contributed by atoms with van der Waals surface area (Å²) >= 11 is 0. The number of cyclic esters (lactones) is 1. The van der Waals surface area contributed by atoms with Crippen molar-refractivity contribution in [1.82, 2.24) is 0 Å². The fourth-order valence-corrected chi connectivity index (χ4v) is 5.10. The van der Waals surface area contributed by atoms with E-state index in [9.17, 15) is 35.4 Å². The second-order valence-electron chi connectivity index (χ2n) is 10.9. The van der Waals surface area contributed by atoms with Crippen LogP contribution in [-0.4, -0.2) is 112 Å². The van der Waals surface area contributed by atoms with Gasteiger partial charge >= 0.3 is 5.97 Å². The van der Waals surface area contributed by atoms with E-state index in [1.54, 1.807) is 26.8 Å². The molecule has 0 aromatic rings. The van der Waals surface area contributed by atoms with Crippen LogP contribution in [0.5, 0.6) is 0 Å². The number of hydrogen-bond donors (Lipinski definition) is 6. The number of aliphatic hydroxyl groups excluding tert-OH is 5. The van der Waals surface area contributed by atoms with Crippen LogP contribution in [0, 0.1) is 11.3 Å². The van der Waals surface area contributed by atoms with Crippen molar-refractivity contribution in [1.29, 1.82) is 0 Å². The number of esters is 1. The molecule has 10 unspecified atom stereocenters. The second kappa shape index (κ2) is 13.3. The van der Waals surface area contributed by atoms with Crippen molar-refractivity contribution in [3.05, 3.63) is 11.6 Å². The van der Waals surface area contributed by atoms with Crippen LogP contribution in [0.15, 0.2) is 11.6 Å². The monoisotopic (exact) mass is 534 g/mol. The Morgan fingerprint density at radius 1 is 1.11 bits per heavy atom. The Bertz CT molecular complexity index is 768. The van der Waals surface area contributed by atoms with Gasteiger partial charge in [-0.15, -0.1) is 0 Å². The molecule has 0 saturated carbocycles. The third-order valence-corrected chi connectivity index (χ3v) is 8.08. The number of rotatable bonds is 6. The van der Waals surface area contributed by atoms with E-state index in [-0.39, 0.29) is 38.2 Å². The molecule has 2 heterocycles. The highest BCUT2D eigenvalue weighted by atomic mass is 16.7. The Morgan fingerprint density at radius 3 is 2.30 bits per heavy atom. The Morgan fingerprint density at radius 2 is 1.76 bits per heavy atom. The van der Waals surface area contributed by atoms with Gasteiger partial charge in [0, 0.05) is 57.8 Å². The van der Waals surface area contributed by atoms with E-state index in [2.05, 4.69) is 0 Å². The van der Waals surface area contributed by atoms with E-state index < -0.39 is 66.0 Å². The molecule has 0 aromatic carbocycles. The van der Waals surface area contributed by atoms with E-state index in [0.29, 0.717) is 12.0 Å². The Balaban J connectivity index is 2.52. The first-order valence-electron chi connectivity index (χ1n) is 12.9. The van der Waals surface area contributed by atoms with Gasteiger partial charge < -0.3 is 49.6 Å². The van der Waals surface area contributed by atoms with Crippen LogP contribution in [0.2, 0.25) is 0 Å². The molecule has 2 aliphatic heterocycles. The fraction of sp³-hybridized carbons (Fsp3) is 0.885. The van der Waals surface area contributed by atoms with Crippen molar-refractivity contribution in [2.45, 2.75) is 114 Å². The van der Waals surface area contributed by atoms with Gasteiger partial charge in [0.25, 0.3) is 0 Å². The summed E-state index contributed by atoms with van der Waals surface area (Å²) in [4.78, 5) is 12.9. The second-order valence-corrected chi connectivity index (χ2v) is 10.9. The van der Waals surface area contributed by atoms with Gasteiger partial charge in [-0.1, -0.05) is 26.8 Å². The fourth-order valence-electron chi connectivity index (χ4n) is 5.10. The number of carbonyl (C=O) groups is 1. The van der Waals surface area contributed by atoms with Crippen LogP contribution in [0.4, 0.5) is 0 Å². The summed E-state index contributed by atoms with van der Waals surface area (Å²) in [7, 11) is 2.79. The first-order valence-corrected chi connectivity index (χ1v) is 12.9. The van der Waals surface area contributed by atoms with Crippen LogP contribution in [0.25, 0.3) is 0 Å². The van der Waals surface area contributed by atoms with Gasteiger partial charge in [0.05, 0.1) is 30.5 Å². The van der Waals surface area contributed by atoms with Crippen molar-refractivity contribution >= 4 is 5.97 Å². The minimum atomic E-state index is -2.28. The smallest absolute Gasteiger partial charge is 0.338 e. The quantitative estimate of drug-likeness (QED) is 0.200. The van der Waals surface area contributed by atoms with Crippen LogP contribution >= 0.6 is 0 Å². The molecular formula is C26H46O11. The lowest BCUT2D eigenvalue weighted by atomic mass is 9.70. The Kier molecular flexibility index (Phi) is 11.5. The molecule has 37 heavy (non-hydrogen) atoms. The highest BCUT2D eigenvalue weighted by Gasteiger charge is 2.60. The van der Waals surface area contributed by atoms with Gasteiger partial charge in [0.15, 0.2) is 6.10 Å². The molecular weight excluding hydrogens is 488 g/mol. The molecule has 2 rings (SSSR count). The van der Waals surface area contributed by atoms with Crippen LogP contribution in [0.1, 0.15) is 59.8 Å². The predicted octanol–water partition coefficient (Wildman–Crippen LogP) is 0.0242. The minimum absolute atomic E-state index is 0.00603. The third kappa shape index (κ3) is 7.09. The van der Waals surface area contributed by atoms with Crippen molar-refractivity contribution in [3.8, 4) is 0 Å². The highest BCUT2D eigenvalue weighted by Crippen LogP contribution is 2.46. The van der Waals surface area contributed by atoms with Gasteiger partial charge in [-0.05, 0) is 18.9 Å². The minimum Gasteiger partial charge on any atom is -0.456 e. The molecule has 2 fully saturated rings. The maximum absolute atomic E-state index is 12.9. The first-order chi connectivity index (χ1) is 17.2. The van der Waals surface area contributed by atoms with E-state index in [4.69, 9.17) is 18.9 Å². The summed E-state index contributed by atoms with van der Waals surface area (Å²) in [5.74, 6) is -3.51. The number of methoxy groups -OCH3 is 2. The largest absolute Gasteiger partial charge is 0.456 e. The van der Waals surface area contributed by atoms with Crippen LogP contribution < -0.4 is 0 Å². The normalized spacial score (nSPS) is 41.0. The molecule has 2 bridgehead atoms. The van der Waals surface area contributed by atoms with E-state index in [1.807, 2.05) is 6.92 Å². The maximum atomic E-state index is 12.9. The van der Waals surface area contributed by atoms with Crippen LogP contribution in [-0.2, 0) is 23.7 Å². The zero-order valence-electron chi connectivity index (χ0n) is 22.7. The molecule has 2 saturated heterocycles. The van der Waals surface area contributed by atoms with Gasteiger partial charge in [0.2, 0.25) is 5.79 Å². The number of ether oxygens (including phenoxy) is 4. The number of carbonyl (C=O) groups excluding carboxylic acids is 1. The Hall–Kier alpha value is -1.15. The number of aliphatic hydroxyl groups is 6. The maximum Gasteiger partial charge on any atom is 0.338 e. The summed E-state index contributed by atoms with van der Waals surface area (Å²) in [6.45, 7) is 6.65. The van der Waals surface area contributed by atoms with Crippen molar-refractivity contribution < 1.29 is 54.4 Å². The van der Waals surface area contributed by atoms with Crippen molar-refractivity contribution in [3.63, 3.8) is 0 Å². The van der Waals surface area contributed by atoms with Crippen LogP contribution in [0.3, 0.4) is 0 Å². The number of hydrogen-bond acceptors (Lipinski definition) is 11. The van der Waals surface area contributed by atoms with Gasteiger partial charge in [-0.3, -0.25) is 0 Å². The zero-order valence-corrected chi connectivity index (χ0v) is 22.7. The summed E-state index contributed by atoms with van der Waals surface area (Å²) in [5, 5.41) is 64.7. The van der Waals surface area contributed by atoms with Gasteiger partial charge in [0.1, 0.15) is 12.2 Å². The van der Waals surface area contributed by atoms with Gasteiger partial charge in [-0.2, -0.15) is 0 Å². The van der Waals surface area contributed by atoms with E-state index in [0.717, 1.165) is 0 Å². The highest BCUT2D eigenvalue weighted by molar-refractivity contribution is 5.75. The van der Waals surface area contributed by atoms with Crippen molar-refractivity contribution in [2.75, 3.05) is 20.8 Å². The standard InChI is InChI=1S/C26H46O11/c1-7-15(13-27)8-14(2)19-10-16(34-5)12-21(29)25(3,4)26(33)23(31)20(35-6)11-17(37-26)9-18(28)22(30)24(32)36-19/h8,15-23,27-31,33H,7,9-13H2,1-6H3. The summed E-state index contributed by atoms with van der Waals surface area (Å²) < 4.78 is 22.4. The average molecular weight is 535 g/mol. The average Bonchev–Trinajstić information content (AvgIpc) is 2.86. The molecule has 0 radical (unpaired) electrons. The molecule has 0 spiro atoms. The third-order valence-electron chi connectivity index (χ3n) is 8.08.